The first-order valence-corrected chi connectivity index (χ1v) is 13.5. The van der Waals surface area contributed by atoms with E-state index >= 15 is 0 Å². The van der Waals surface area contributed by atoms with Gasteiger partial charge in [0.05, 0.1) is 24.8 Å². The van der Waals surface area contributed by atoms with Gasteiger partial charge < -0.3 is 9.64 Å². The number of benzene rings is 1. The molecule has 8 nitrogen and oxygen atoms in total. The van der Waals surface area contributed by atoms with Gasteiger partial charge in [-0.2, -0.15) is 0 Å². The van der Waals surface area contributed by atoms with E-state index in [1.807, 2.05) is 40.7 Å². The Kier molecular flexibility index (Phi) is 5.80. The summed E-state index contributed by atoms with van der Waals surface area (Å²) in [6.45, 7) is 7.85. The Morgan fingerprint density at radius 1 is 1.12 bits per heavy atom. The monoisotopic (exact) mass is 565 g/mol. The average molecular weight is 565 g/mol. The van der Waals surface area contributed by atoms with Gasteiger partial charge in [0.25, 0.3) is 0 Å². The molecule has 1 atom stereocenters. The minimum Gasteiger partial charge on any atom is -0.377 e. The van der Waals surface area contributed by atoms with Crippen LogP contribution in [-0.2, 0) is 4.74 Å². The molecule has 1 fully saturated rings. The van der Waals surface area contributed by atoms with Crippen molar-refractivity contribution in [3.05, 3.63) is 47.9 Å². The quantitative estimate of drug-likeness (QED) is 0.338. The third-order valence-electron chi connectivity index (χ3n) is 5.63. The van der Waals surface area contributed by atoms with E-state index in [1.165, 1.54) is 21.3 Å². The van der Waals surface area contributed by atoms with Gasteiger partial charge in [0, 0.05) is 60.1 Å². The molecular weight excluding hydrogens is 544 g/mol. The Morgan fingerprint density at radius 2 is 1.88 bits per heavy atom. The van der Waals surface area contributed by atoms with Crippen molar-refractivity contribution in [2.45, 2.75) is 26.8 Å². The van der Waals surface area contributed by atoms with Crippen molar-refractivity contribution in [3.8, 4) is 17.2 Å². The molecule has 1 saturated heterocycles. The van der Waals surface area contributed by atoms with Gasteiger partial charge in [-0.1, -0.05) is 0 Å². The number of hydrogen-bond acceptors (Lipinski definition) is 7. The highest BCUT2D eigenvalue weighted by atomic mass is 127. The van der Waals surface area contributed by atoms with E-state index < -0.39 is 0 Å². The number of fused-ring (bicyclic) bond motifs is 1. The molecule has 1 aliphatic heterocycles. The fourth-order valence-electron chi connectivity index (χ4n) is 4.10. The molecule has 0 unspecified atom stereocenters. The van der Waals surface area contributed by atoms with Gasteiger partial charge >= 0.3 is 0 Å². The molecule has 0 N–H and O–H groups in total. The van der Waals surface area contributed by atoms with E-state index in [9.17, 15) is 4.39 Å². The topological polar surface area (TPSA) is 73.9 Å². The largest absolute Gasteiger partial charge is 0.377 e. The minimum atomic E-state index is -0.329. The normalized spacial score (nSPS) is 16.8. The van der Waals surface area contributed by atoms with Gasteiger partial charge in [0.2, 0.25) is 0 Å². The molecule has 4 heterocycles. The predicted octanol–water partition coefficient (Wildman–Crippen LogP) is 4.51. The van der Waals surface area contributed by atoms with Gasteiger partial charge in [0.15, 0.2) is 5.82 Å². The van der Waals surface area contributed by atoms with E-state index in [-0.39, 0.29) is 11.9 Å². The number of ether oxygens (including phenoxy) is 1. The van der Waals surface area contributed by atoms with Crippen LogP contribution < -0.4 is 4.90 Å². The first kappa shape index (κ1) is 21.6. The lowest BCUT2D eigenvalue weighted by atomic mass is 10.1. The molecular formula is C21H21FIN7OS. The molecule has 1 aromatic carbocycles. The molecule has 0 amide bonds. The second-order valence-electron chi connectivity index (χ2n) is 7.75. The summed E-state index contributed by atoms with van der Waals surface area (Å²) in [4.78, 5) is 11.9. The maximum absolute atomic E-state index is 14.7. The fraction of sp³-hybridized carbons (Fsp3) is 0.333. The van der Waals surface area contributed by atoms with Crippen LogP contribution in [0.1, 0.15) is 18.6 Å². The molecule has 0 radical (unpaired) electrons. The standard InChI is InChI=1S/C21H21FIN7OS/c1-12-11-31-7-6-28(12)19-10-20(30-13(2)26-27-14(30)3)25-21(24-19)17-8-15(22)9-18-16(17)4-5-29(18)32-23/h4-5,8-10,12H,6-7,11H2,1-3H3/t12-/m1/s1. The third-order valence-corrected chi connectivity index (χ3v) is 7.37. The second kappa shape index (κ2) is 8.60. The molecule has 1 aliphatic rings. The van der Waals surface area contributed by atoms with Crippen LogP contribution in [0, 0.1) is 19.7 Å². The number of rotatable bonds is 4. The van der Waals surface area contributed by atoms with Gasteiger partial charge in [-0.3, -0.25) is 8.54 Å². The van der Waals surface area contributed by atoms with Gasteiger partial charge in [-0.05, 0) is 39.0 Å². The van der Waals surface area contributed by atoms with Crippen molar-refractivity contribution in [2.24, 2.45) is 0 Å². The van der Waals surface area contributed by atoms with E-state index in [0.717, 1.165) is 34.9 Å². The molecule has 11 heteroatoms. The van der Waals surface area contributed by atoms with Crippen LogP contribution in [0.2, 0.25) is 0 Å². The van der Waals surface area contributed by atoms with Crippen LogP contribution >= 0.6 is 30.3 Å². The van der Waals surface area contributed by atoms with Gasteiger partial charge in [-0.15, -0.1) is 10.2 Å². The van der Waals surface area contributed by atoms with Crippen molar-refractivity contribution in [3.63, 3.8) is 0 Å². The first-order valence-electron chi connectivity index (χ1n) is 10.2. The number of aryl methyl sites for hydroxylation is 2. The summed E-state index contributed by atoms with van der Waals surface area (Å²) < 4.78 is 24.1. The maximum Gasteiger partial charge on any atom is 0.164 e. The highest BCUT2D eigenvalue weighted by Gasteiger charge is 2.24. The van der Waals surface area contributed by atoms with Crippen LogP contribution in [0.15, 0.2) is 30.5 Å². The summed E-state index contributed by atoms with van der Waals surface area (Å²) in [6.07, 6.45) is 1.92. The molecule has 32 heavy (non-hydrogen) atoms. The highest BCUT2D eigenvalue weighted by Crippen LogP contribution is 2.34. The lowest BCUT2D eigenvalue weighted by Gasteiger charge is -2.34. The molecule has 3 aromatic heterocycles. The number of halogens is 2. The zero-order valence-corrected chi connectivity index (χ0v) is 20.8. The summed E-state index contributed by atoms with van der Waals surface area (Å²) >= 11 is 2.18. The van der Waals surface area contributed by atoms with Crippen LogP contribution in [0.4, 0.5) is 10.2 Å². The van der Waals surface area contributed by atoms with Crippen molar-refractivity contribution >= 4 is 47.0 Å². The second-order valence-corrected chi connectivity index (χ2v) is 9.46. The lowest BCUT2D eigenvalue weighted by Crippen LogP contribution is -2.44. The number of hydrogen-bond donors (Lipinski definition) is 0. The molecule has 5 rings (SSSR count). The Bertz CT molecular complexity index is 1290. The lowest BCUT2D eigenvalue weighted by molar-refractivity contribution is 0.0985. The molecule has 0 bridgehead atoms. The van der Waals surface area contributed by atoms with E-state index in [4.69, 9.17) is 14.7 Å². The fourth-order valence-corrected chi connectivity index (χ4v) is 5.46. The number of nitrogens with zero attached hydrogens (tertiary/aromatic N) is 7. The molecule has 166 valence electrons. The van der Waals surface area contributed by atoms with E-state index in [2.05, 4.69) is 43.2 Å². The smallest absolute Gasteiger partial charge is 0.164 e. The molecule has 4 aromatic rings. The molecule has 0 aliphatic carbocycles. The predicted molar refractivity (Wildman–Crippen MR) is 132 cm³/mol. The summed E-state index contributed by atoms with van der Waals surface area (Å²) in [5, 5.41) is 9.26. The van der Waals surface area contributed by atoms with Crippen LogP contribution in [-0.4, -0.2) is 54.5 Å². The molecule has 0 spiro atoms. The number of aromatic nitrogens is 6. The van der Waals surface area contributed by atoms with Gasteiger partial charge in [-0.25, -0.2) is 14.4 Å². The SMILES string of the molecule is Cc1nnc(C)n1-c1cc(N2CCOC[C@H]2C)nc(-c2cc(F)cc3c2ccn3SI)n1. The summed E-state index contributed by atoms with van der Waals surface area (Å²) in [5.41, 5.74) is 1.43. The minimum absolute atomic E-state index is 0.159. The van der Waals surface area contributed by atoms with Crippen LogP contribution in [0.3, 0.4) is 0 Å². The Morgan fingerprint density at radius 3 is 2.59 bits per heavy atom. The zero-order valence-electron chi connectivity index (χ0n) is 17.8. The Hall–Kier alpha value is -2.25. The zero-order chi connectivity index (χ0) is 22.4. The maximum atomic E-state index is 14.7. The average Bonchev–Trinajstić information content (AvgIpc) is 3.35. The number of morpholine rings is 1. The van der Waals surface area contributed by atoms with Crippen molar-refractivity contribution in [2.75, 3.05) is 24.7 Å². The van der Waals surface area contributed by atoms with Crippen LogP contribution in [0.5, 0.6) is 0 Å². The van der Waals surface area contributed by atoms with E-state index in [0.29, 0.717) is 30.4 Å². The Balaban J connectivity index is 1.76. The summed E-state index contributed by atoms with van der Waals surface area (Å²) in [6, 6.07) is 7.11. The first-order chi connectivity index (χ1) is 15.5. The van der Waals surface area contributed by atoms with Crippen molar-refractivity contribution < 1.29 is 9.13 Å². The third kappa shape index (κ3) is 3.75. The van der Waals surface area contributed by atoms with Crippen molar-refractivity contribution in [1.82, 2.24) is 28.7 Å². The van der Waals surface area contributed by atoms with Crippen LogP contribution in [0.25, 0.3) is 28.1 Å². The Labute approximate surface area is 200 Å². The summed E-state index contributed by atoms with van der Waals surface area (Å²) in [5.74, 6) is 3.02. The van der Waals surface area contributed by atoms with Gasteiger partial charge in [0.1, 0.15) is 29.1 Å². The van der Waals surface area contributed by atoms with Crippen molar-refractivity contribution in [1.29, 1.82) is 0 Å². The van der Waals surface area contributed by atoms with E-state index in [1.54, 1.807) is 0 Å². The summed E-state index contributed by atoms with van der Waals surface area (Å²) in [7, 11) is 1.49. The highest BCUT2D eigenvalue weighted by molar-refractivity contribution is 14.2. The molecule has 0 saturated carbocycles. The number of anilines is 1.